The number of amides is 1. The molecule has 0 aliphatic carbocycles. The number of carbonyl (C=O) groups is 1. The topological polar surface area (TPSA) is 87.5 Å². The summed E-state index contributed by atoms with van der Waals surface area (Å²) >= 11 is 0. The first-order valence-electron chi connectivity index (χ1n) is 12.7. The molecule has 4 aromatic rings. The van der Waals surface area contributed by atoms with Crippen LogP contribution >= 0.6 is 0 Å². The van der Waals surface area contributed by atoms with Gasteiger partial charge in [-0.1, -0.05) is 30.3 Å². The summed E-state index contributed by atoms with van der Waals surface area (Å²) in [5.74, 6) is 1.19. The molecule has 5 heterocycles. The van der Waals surface area contributed by atoms with Gasteiger partial charge >= 0.3 is 0 Å². The van der Waals surface area contributed by atoms with Gasteiger partial charge in [-0.3, -0.25) is 4.79 Å². The molecule has 0 radical (unpaired) electrons. The van der Waals surface area contributed by atoms with Gasteiger partial charge in [-0.05, 0) is 11.6 Å². The lowest BCUT2D eigenvalue weighted by atomic mass is 9.89. The molecule has 1 aromatic carbocycles. The number of hydrogen-bond acceptors (Lipinski definition) is 6. The molecule has 190 valence electrons. The van der Waals surface area contributed by atoms with Crippen molar-refractivity contribution in [1.29, 1.82) is 0 Å². The van der Waals surface area contributed by atoms with E-state index in [1.54, 1.807) is 6.20 Å². The number of aromatic nitrogens is 3. The summed E-state index contributed by atoms with van der Waals surface area (Å²) in [6, 6.07) is 14.3. The number of hydrogen-bond donors (Lipinski definition) is 1. The van der Waals surface area contributed by atoms with Crippen molar-refractivity contribution >= 4 is 22.6 Å². The highest BCUT2D eigenvalue weighted by Crippen LogP contribution is 2.44. The van der Waals surface area contributed by atoms with Crippen LogP contribution in [0.5, 0.6) is 5.75 Å². The molecule has 3 aromatic heterocycles. The quantitative estimate of drug-likeness (QED) is 0.424. The van der Waals surface area contributed by atoms with E-state index in [1.807, 2.05) is 48.1 Å². The zero-order chi connectivity index (χ0) is 25.4. The van der Waals surface area contributed by atoms with Crippen LogP contribution in [0.15, 0.2) is 54.9 Å². The Morgan fingerprint density at radius 2 is 2.08 bits per heavy atom. The normalized spacial score (nSPS) is 18.8. The molecule has 1 amide bonds. The van der Waals surface area contributed by atoms with Crippen molar-refractivity contribution in [3.05, 3.63) is 71.7 Å². The largest absolute Gasteiger partial charge is 0.493 e. The molecular formula is C29H30N4O4. The molecule has 1 unspecified atom stereocenters. The molecule has 8 nitrogen and oxygen atoms in total. The fraction of sp³-hybridized carbons (Fsp3) is 0.345. The Hall–Kier alpha value is -3.75. The van der Waals surface area contributed by atoms with Crippen molar-refractivity contribution in [3.8, 4) is 17.0 Å². The summed E-state index contributed by atoms with van der Waals surface area (Å²) in [6.45, 7) is 3.80. The first kappa shape index (κ1) is 23.6. The minimum absolute atomic E-state index is 0.161. The fourth-order valence-corrected chi connectivity index (χ4v) is 5.35. The van der Waals surface area contributed by atoms with Crippen LogP contribution in [0.1, 0.15) is 30.2 Å². The molecule has 0 bridgehead atoms. The van der Waals surface area contributed by atoms with Gasteiger partial charge in [0.1, 0.15) is 17.2 Å². The molecule has 6 rings (SSSR count). The highest BCUT2D eigenvalue weighted by Gasteiger charge is 2.44. The van der Waals surface area contributed by atoms with Gasteiger partial charge in [-0.25, -0.2) is 9.97 Å². The molecule has 8 heteroatoms. The van der Waals surface area contributed by atoms with Crippen molar-refractivity contribution in [3.63, 3.8) is 0 Å². The number of rotatable bonds is 6. The summed E-state index contributed by atoms with van der Waals surface area (Å²) in [5.41, 5.74) is 5.41. The molecular weight excluding hydrogens is 468 g/mol. The predicted molar refractivity (Wildman–Crippen MR) is 141 cm³/mol. The minimum atomic E-state index is -0.547. The van der Waals surface area contributed by atoms with Gasteiger partial charge in [0, 0.05) is 68.6 Å². The van der Waals surface area contributed by atoms with Gasteiger partial charge in [0.2, 0.25) is 5.91 Å². The predicted octanol–water partition coefficient (Wildman–Crippen LogP) is 4.40. The van der Waals surface area contributed by atoms with E-state index in [1.165, 1.54) is 12.5 Å². The maximum Gasteiger partial charge on any atom is 0.222 e. The third kappa shape index (κ3) is 4.47. The minimum Gasteiger partial charge on any atom is -0.493 e. The Labute approximate surface area is 215 Å². The Balaban J connectivity index is 1.45. The summed E-state index contributed by atoms with van der Waals surface area (Å²) in [4.78, 5) is 21.2. The maximum atomic E-state index is 11.7. The SMILES string of the molecule is CC(=O)Nc1cc2c(-c3cc(OCCc4ccccc4)c4c(n3)C3(CCOC3)OCC4)cn(C)c2cn1. The second-order valence-corrected chi connectivity index (χ2v) is 9.73. The first-order chi connectivity index (χ1) is 18.0. The van der Waals surface area contributed by atoms with Crippen LogP contribution in [-0.4, -0.2) is 46.9 Å². The number of fused-ring (bicyclic) bond motifs is 3. The van der Waals surface area contributed by atoms with Gasteiger partial charge in [-0.15, -0.1) is 0 Å². The molecule has 37 heavy (non-hydrogen) atoms. The Morgan fingerprint density at radius 1 is 1.22 bits per heavy atom. The number of aryl methyl sites for hydroxylation is 1. The Bertz CT molecular complexity index is 1460. The van der Waals surface area contributed by atoms with E-state index in [0.717, 1.165) is 58.4 Å². The molecule has 0 saturated carbocycles. The number of anilines is 1. The summed E-state index contributed by atoms with van der Waals surface area (Å²) in [5, 5.41) is 3.74. The lowest BCUT2D eigenvalue weighted by Crippen LogP contribution is -2.37. The lowest BCUT2D eigenvalue weighted by Gasteiger charge is -2.34. The summed E-state index contributed by atoms with van der Waals surface area (Å²) in [6.07, 6.45) is 6.16. The number of benzene rings is 1. The van der Waals surface area contributed by atoms with E-state index < -0.39 is 5.60 Å². The highest BCUT2D eigenvalue weighted by atomic mass is 16.6. The second kappa shape index (κ2) is 9.61. The molecule has 2 aliphatic heterocycles. The zero-order valence-corrected chi connectivity index (χ0v) is 21.1. The zero-order valence-electron chi connectivity index (χ0n) is 21.1. The number of carbonyl (C=O) groups excluding carboxylic acids is 1. The van der Waals surface area contributed by atoms with E-state index >= 15 is 0 Å². The van der Waals surface area contributed by atoms with Crippen LogP contribution < -0.4 is 10.1 Å². The van der Waals surface area contributed by atoms with Crippen molar-refractivity contribution in [2.24, 2.45) is 7.05 Å². The van der Waals surface area contributed by atoms with Crippen molar-refractivity contribution in [1.82, 2.24) is 14.5 Å². The standard InChI is InChI=1S/C29H30N4O4/c1-19(34)31-27-14-22-23(17-33(2)25(22)16-30-27)24-15-26(36-11-8-20-6-4-3-5-7-20)21-9-12-37-29(28(21)32-24)10-13-35-18-29/h3-7,14-17H,8-13,18H2,1-2H3,(H,30,31,34). The van der Waals surface area contributed by atoms with Crippen LogP contribution in [0.4, 0.5) is 5.82 Å². The van der Waals surface area contributed by atoms with E-state index in [9.17, 15) is 4.79 Å². The number of pyridine rings is 2. The van der Waals surface area contributed by atoms with Crippen LogP contribution in [-0.2, 0) is 39.8 Å². The average Bonchev–Trinajstić information content (AvgIpc) is 3.49. The smallest absolute Gasteiger partial charge is 0.222 e. The van der Waals surface area contributed by atoms with E-state index in [2.05, 4.69) is 22.4 Å². The van der Waals surface area contributed by atoms with Gasteiger partial charge in [0.25, 0.3) is 0 Å². The molecule has 1 N–H and O–H groups in total. The van der Waals surface area contributed by atoms with Gasteiger partial charge in [0.05, 0.1) is 42.9 Å². The van der Waals surface area contributed by atoms with Crippen molar-refractivity contribution in [2.75, 3.05) is 31.7 Å². The van der Waals surface area contributed by atoms with E-state index in [0.29, 0.717) is 32.2 Å². The number of ether oxygens (including phenoxy) is 3. The highest BCUT2D eigenvalue weighted by molar-refractivity contribution is 5.98. The fourth-order valence-electron chi connectivity index (χ4n) is 5.35. The monoisotopic (exact) mass is 498 g/mol. The number of nitrogens with zero attached hydrogens (tertiary/aromatic N) is 3. The van der Waals surface area contributed by atoms with Gasteiger partial charge in [-0.2, -0.15) is 0 Å². The van der Waals surface area contributed by atoms with E-state index in [-0.39, 0.29) is 5.91 Å². The van der Waals surface area contributed by atoms with Crippen LogP contribution in [0.2, 0.25) is 0 Å². The van der Waals surface area contributed by atoms with Gasteiger partial charge in [0.15, 0.2) is 0 Å². The molecule has 1 fully saturated rings. The number of nitrogens with one attached hydrogen (secondary N) is 1. The van der Waals surface area contributed by atoms with E-state index in [4.69, 9.17) is 19.2 Å². The van der Waals surface area contributed by atoms with Crippen LogP contribution in [0.25, 0.3) is 22.2 Å². The average molecular weight is 499 g/mol. The maximum absolute atomic E-state index is 11.7. The Kier molecular flexibility index (Phi) is 6.14. The summed E-state index contributed by atoms with van der Waals surface area (Å²) in [7, 11) is 1.98. The third-order valence-corrected chi connectivity index (χ3v) is 7.18. The first-order valence-corrected chi connectivity index (χ1v) is 12.7. The molecule has 1 spiro atoms. The third-order valence-electron chi connectivity index (χ3n) is 7.18. The van der Waals surface area contributed by atoms with Crippen LogP contribution in [0, 0.1) is 0 Å². The Morgan fingerprint density at radius 3 is 2.86 bits per heavy atom. The molecule has 1 atom stereocenters. The molecule has 1 saturated heterocycles. The van der Waals surface area contributed by atoms with Crippen molar-refractivity contribution < 1.29 is 19.0 Å². The molecule has 2 aliphatic rings. The van der Waals surface area contributed by atoms with Gasteiger partial charge < -0.3 is 24.1 Å². The van der Waals surface area contributed by atoms with Crippen LogP contribution in [0.3, 0.4) is 0 Å². The lowest BCUT2D eigenvalue weighted by molar-refractivity contribution is -0.114. The van der Waals surface area contributed by atoms with Crippen molar-refractivity contribution in [2.45, 2.75) is 31.8 Å². The summed E-state index contributed by atoms with van der Waals surface area (Å²) < 4.78 is 20.6. The second-order valence-electron chi connectivity index (χ2n) is 9.73.